The number of hydrogen-bond acceptors (Lipinski definition) is 4. The van der Waals surface area contributed by atoms with Gasteiger partial charge in [0.15, 0.2) is 9.74 Å². The van der Waals surface area contributed by atoms with E-state index < -0.39 is 0 Å². The molecule has 78 valence electrons. The van der Waals surface area contributed by atoms with Crippen molar-refractivity contribution in [2.24, 2.45) is 0 Å². The Labute approximate surface area is 113 Å². The van der Waals surface area contributed by atoms with Gasteiger partial charge in [-0.15, -0.1) is 11.8 Å². The van der Waals surface area contributed by atoms with E-state index in [9.17, 15) is 0 Å². The minimum atomic E-state index is 0.796. The second kappa shape index (κ2) is 5.43. The highest BCUT2D eigenvalue weighted by molar-refractivity contribution is 9.11. The molecule has 0 spiro atoms. The van der Waals surface area contributed by atoms with Crippen molar-refractivity contribution in [3.05, 3.63) is 38.5 Å². The first-order valence-electron chi connectivity index (χ1n) is 4.11. The molecule has 0 radical (unpaired) electrons. The van der Waals surface area contributed by atoms with Crippen molar-refractivity contribution < 1.29 is 0 Å². The molecule has 0 amide bonds. The summed E-state index contributed by atoms with van der Waals surface area (Å²) in [6, 6.07) is 8.15. The number of thioether (sulfide) groups is 1. The lowest BCUT2D eigenvalue weighted by Gasteiger charge is -2.00. The van der Waals surface area contributed by atoms with Crippen LogP contribution in [0.4, 0.5) is 0 Å². The van der Waals surface area contributed by atoms with E-state index in [2.05, 4.69) is 47.3 Å². The molecule has 0 saturated carbocycles. The van der Waals surface area contributed by atoms with Crippen molar-refractivity contribution in [1.29, 1.82) is 0 Å². The van der Waals surface area contributed by atoms with E-state index in [4.69, 9.17) is 0 Å². The van der Waals surface area contributed by atoms with Gasteiger partial charge in [-0.2, -0.15) is 4.37 Å². The van der Waals surface area contributed by atoms with Gasteiger partial charge in [-0.25, -0.2) is 4.98 Å². The summed E-state index contributed by atoms with van der Waals surface area (Å²) in [7, 11) is 0. The van der Waals surface area contributed by atoms with Crippen LogP contribution < -0.4 is 0 Å². The van der Waals surface area contributed by atoms with E-state index in [0.29, 0.717) is 0 Å². The van der Waals surface area contributed by atoms with Crippen molar-refractivity contribution in [2.75, 3.05) is 0 Å². The minimum Gasteiger partial charge on any atom is -0.212 e. The van der Waals surface area contributed by atoms with Crippen LogP contribution in [-0.4, -0.2) is 9.36 Å². The van der Waals surface area contributed by atoms with Crippen LogP contribution in [-0.2, 0) is 5.75 Å². The molecule has 1 aromatic carbocycles. The Morgan fingerprint density at radius 1 is 1.27 bits per heavy atom. The summed E-state index contributed by atoms with van der Waals surface area (Å²) in [5.41, 5.74) is 0. The number of aromatic nitrogens is 2. The number of halogens is 2. The van der Waals surface area contributed by atoms with Crippen LogP contribution in [0, 0.1) is 0 Å². The fourth-order valence-electron chi connectivity index (χ4n) is 0.995. The van der Waals surface area contributed by atoms with Crippen molar-refractivity contribution in [3.8, 4) is 0 Å². The average molecular weight is 366 g/mol. The zero-order chi connectivity index (χ0) is 10.7. The molecule has 0 unspecified atom stereocenters. The molecule has 0 aliphatic carbocycles. The topological polar surface area (TPSA) is 25.8 Å². The van der Waals surface area contributed by atoms with E-state index in [1.807, 2.05) is 18.2 Å². The molecule has 0 bridgehead atoms. The zero-order valence-electron chi connectivity index (χ0n) is 7.48. The van der Waals surface area contributed by atoms with Crippen molar-refractivity contribution in [2.45, 2.75) is 10.6 Å². The SMILES string of the molecule is Brc1nc(CSc2ccccc2Br)ns1. The van der Waals surface area contributed by atoms with E-state index in [1.165, 1.54) is 16.4 Å². The first-order chi connectivity index (χ1) is 7.25. The maximum atomic E-state index is 4.24. The van der Waals surface area contributed by atoms with E-state index >= 15 is 0 Å². The van der Waals surface area contributed by atoms with Gasteiger partial charge in [0.1, 0.15) is 0 Å². The quantitative estimate of drug-likeness (QED) is 0.756. The highest BCUT2D eigenvalue weighted by atomic mass is 79.9. The van der Waals surface area contributed by atoms with Gasteiger partial charge in [-0.05, 0) is 55.5 Å². The molecule has 0 atom stereocenters. The van der Waals surface area contributed by atoms with Gasteiger partial charge in [0, 0.05) is 9.37 Å². The standard InChI is InChI=1S/C9H6Br2N2S2/c10-6-3-1-2-4-7(6)14-5-8-12-9(11)15-13-8/h1-4H,5H2. The Hall–Kier alpha value is 0.0900. The normalized spacial score (nSPS) is 10.5. The predicted molar refractivity (Wildman–Crippen MR) is 71.3 cm³/mol. The smallest absolute Gasteiger partial charge is 0.179 e. The second-order valence-electron chi connectivity index (χ2n) is 2.68. The zero-order valence-corrected chi connectivity index (χ0v) is 12.3. The maximum absolute atomic E-state index is 4.24. The number of hydrogen-bond donors (Lipinski definition) is 0. The third-order valence-corrected chi connectivity index (χ3v) is 4.82. The van der Waals surface area contributed by atoms with Gasteiger partial charge < -0.3 is 0 Å². The van der Waals surface area contributed by atoms with Crippen LogP contribution in [0.5, 0.6) is 0 Å². The summed E-state index contributed by atoms with van der Waals surface area (Å²) < 4.78 is 6.16. The van der Waals surface area contributed by atoms with Crippen molar-refractivity contribution in [1.82, 2.24) is 9.36 Å². The molecule has 1 aromatic heterocycles. The monoisotopic (exact) mass is 364 g/mol. The van der Waals surface area contributed by atoms with E-state index in [-0.39, 0.29) is 0 Å². The number of nitrogens with zero attached hydrogens (tertiary/aromatic N) is 2. The molecule has 2 rings (SSSR count). The molecule has 2 nitrogen and oxygen atoms in total. The largest absolute Gasteiger partial charge is 0.212 e. The van der Waals surface area contributed by atoms with E-state index in [0.717, 1.165) is 20.0 Å². The molecule has 0 fully saturated rings. The van der Waals surface area contributed by atoms with Crippen LogP contribution in [0.25, 0.3) is 0 Å². The van der Waals surface area contributed by atoms with Crippen LogP contribution in [0.1, 0.15) is 5.82 Å². The minimum absolute atomic E-state index is 0.796. The molecular formula is C9H6Br2N2S2. The lowest BCUT2D eigenvalue weighted by molar-refractivity contribution is 1.12. The lowest BCUT2D eigenvalue weighted by Crippen LogP contribution is -1.83. The van der Waals surface area contributed by atoms with Gasteiger partial charge in [0.25, 0.3) is 0 Å². The summed E-state index contributed by atoms with van der Waals surface area (Å²) >= 11 is 9.91. The Morgan fingerprint density at radius 3 is 2.73 bits per heavy atom. The van der Waals surface area contributed by atoms with Crippen LogP contribution in [0.15, 0.2) is 37.6 Å². The molecule has 1 heterocycles. The molecule has 0 saturated heterocycles. The lowest BCUT2D eigenvalue weighted by atomic mass is 10.4. The Morgan fingerprint density at radius 2 is 2.07 bits per heavy atom. The highest BCUT2D eigenvalue weighted by Crippen LogP contribution is 2.29. The molecule has 0 N–H and O–H groups in total. The van der Waals surface area contributed by atoms with E-state index in [1.54, 1.807) is 11.8 Å². The summed E-state index contributed by atoms with van der Waals surface area (Å²) in [4.78, 5) is 5.45. The van der Waals surface area contributed by atoms with Gasteiger partial charge >= 0.3 is 0 Å². The van der Waals surface area contributed by atoms with Crippen molar-refractivity contribution in [3.63, 3.8) is 0 Å². The van der Waals surface area contributed by atoms with Gasteiger partial charge in [-0.3, -0.25) is 0 Å². The predicted octanol–water partition coefficient (Wildman–Crippen LogP) is 4.36. The average Bonchev–Trinajstić information content (AvgIpc) is 2.63. The van der Waals surface area contributed by atoms with Crippen LogP contribution in [0.3, 0.4) is 0 Å². The number of rotatable bonds is 3. The molecular weight excluding hydrogens is 360 g/mol. The number of benzene rings is 1. The fourth-order valence-corrected chi connectivity index (χ4v) is 3.35. The van der Waals surface area contributed by atoms with Gasteiger partial charge in [-0.1, -0.05) is 12.1 Å². The maximum Gasteiger partial charge on any atom is 0.179 e. The highest BCUT2D eigenvalue weighted by Gasteiger charge is 2.04. The molecule has 2 aromatic rings. The summed E-state index contributed by atoms with van der Waals surface area (Å²) in [6.45, 7) is 0. The first-order valence-corrected chi connectivity index (χ1v) is 7.45. The van der Waals surface area contributed by atoms with Gasteiger partial charge in [0.05, 0.1) is 5.75 Å². The fraction of sp³-hybridized carbons (Fsp3) is 0.111. The van der Waals surface area contributed by atoms with Crippen LogP contribution >= 0.6 is 55.2 Å². The van der Waals surface area contributed by atoms with Crippen LogP contribution in [0.2, 0.25) is 0 Å². The summed E-state index contributed by atoms with van der Waals surface area (Å²) in [5.74, 6) is 1.66. The Balaban J connectivity index is 2.02. The molecule has 0 aliphatic rings. The third kappa shape index (κ3) is 3.27. The third-order valence-electron chi connectivity index (χ3n) is 1.64. The first kappa shape index (κ1) is 11.6. The second-order valence-corrected chi connectivity index (χ2v) is 6.58. The molecule has 0 aliphatic heterocycles. The molecule has 15 heavy (non-hydrogen) atoms. The van der Waals surface area contributed by atoms with Crippen molar-refractivity contribution >= 4 is 55.2 Å². The van der Waals surface area contributed by atoms with Gasteiger partial charge in [0.2, 0.25) is 0 Å². The molecule has 6 heteroatoms. The summed E-state index contributed by atoms with van der Waals surface area (Å²) in [6.07, 6.45) is 0. The Kier molecular flexibility index (Phi) is 4.19. The summed E-state index contributed by atoms with van der Waals surface area (Å²) in [5, 5.41) is 0. The Bertz CT molecular complexity index is 459.